The molecule has 0 spiro atoms. The molecule has 0 aliphatic carbocycles. The van der Waals surface area contributed by atoms with Crippen LogP contribution in [0.4, 0.5) is 0 Å². The van der Waals surface area contributed by atoms with Crippen molar-refractivity contribution in [2.75, 3.05) is 0 Å². The van der Waals surface area contributed by atoms with Crippen LogP contribution in [0.15, 0.2) is 42.5 Å². The number of fused-ring (bicyclic) bond motifs is 1. The van der Waals surface area contributed by atoms with E-state index in [4.69, 9.17) is 5.26 Å². The lowest BCUT2D eigenvalue weighted by atomic mass is 10.1. The number of hydrogen-bond acceptors (Lipinski definition) is 3. The van der Waals surface area contributed by atoms with Crippen LogP contribution < -0.4 is 0 Å². The molecule has 0 radical (unpaired) electrons. The molecule has 0 saturated carbocycles. The fourth-order valence-corrected chi connectivity index (χ4v) is 2.00. The number of aryl methyl sites for hydroxylation is 1. The van der Waals surface area contributed by atoms with Crippen molar-refractivity contribution < 1.29 is 0 Å². The predicted molar refractivity (Wildman–Crippen MR) is 68.3 cm³/mol. The minimum absolute atomic E-state index is 0.641. The van der Waals surface area contributed by atoms with E-state index >= 15 is 0 Å². The van der Waals surface area contributed by atoms with Crippen LogP contribution in [0.5, 0.6) is 0 Å². The second-order valence-corrected chi connectivity index (χ2v) is 4.05. The van der Waals surface area contributed by atoms with Gasteiger partial charge in [0.2, 0.25) is 0 Å². The second kappa shape index (κ2) is 3.97. The first-order valence-electron chi connectivity index (χ1n) is 5.62. The highest BCUT2D eigenvalue weighted by atomic mass is 15.4. The minimum Gasteiger partial charge on any atom is -0.213 e. The Labute approximate surface area is 104 Å². The smallest absolute Gasteiger partial charge is 0.117 e. The van der Waals surface area contributed by atoms with Crippen molar-refractivity contribution in [3.05, 3.63) is 53.6 Å². The van der Waals surface area contributed by atoms with Gasteiger partial charge in [-0.3, -0.25) is 0 Å². The molecule has 3 aromatic rings. The molecule has 1 aromatic heterocycles. The summed E-state index contributed by atoms with van der Waals surface area (Å²) in [6.45, 7) is 1.89. The molecule has 1 heterocycles. The Morgan fingerprint density at radius 2 is 1.89 bits per heavy atom. The van der Waals surface area contributed by atoms with E-state index in [0.717, 1.165) is 22.3 Å². The number of benzene rings is 2. The molecule has 3 rings (SSSR count). The van der Waals surface area contributed by atoms with Gasteiger partial charge in [-0.2, -0.15) is 5.26 Å². The average molecular weight is 234 g/mol. The summed E-state index contributed by atoms with van der Waals surface area (Å²) in [7, 11) is 0. The van der Waals surface area contributed by atoms with Crippen molar-refractivity contribution in [3.63, 3.8) is 0 Å². The van der Waals surface area contributed by atoms with Gasteiger partial charge in [0.1, 0.15) is 5.52 Å². The summed E-state index contributed by atoms with van der Waals surface area (Å²) < 4.78 is 1.78. The normalized spacial score (nSPS) is 10.4. The van der Waals surface area contributed by atoms with Crippen LogP contribution in [0.25, 0.3) is 16.7 Å². The summed E-state index contributed by atoms with van der Waals surface area (Å²) in [5.41, 5.74) is 4.17. The second-order valence-electron chi connectivity index (χ2n) is 4.05. The number of nitriles is 1. The highest BCUT2D eigenvalue weighted by Crippen LogP contribution is 2.21. The Bertz CT molecular complexity index is 751. The summed E-state index contributed by atoms with van der Waals surface area (Å²) in [6.07, 6.45) is 0. The maximum absolute atomic E-state index is 9.00. The van der Waals surface area contributed by atoms with Crippen LogP contribution in [0.2, 0.25) is 0 Å². The maximum Gasteiger partial charge on any atom is 0.117 e. The number of aromatic nitrogens is 3. The fraction of sp³-hybridized carbons (Fsp3) is 0.0714. The van der Waals surface area contributed by atoms with Crippen molar-refractivity contribution in [2.24, 2.45) is 0 Å². The molecule has 86 valence electrons. The van der Waals surface area contributed by atoms with E-state index in [1.54, 1.807) is 10.7 Å². The lowest BCUT2D eigenvalue weighted by molar-refractivity contribution is 0.824. The first kappa shape index (κ1) is 10.5. The van der Waals surface area contributed by atoms with Crippen molar-refractivity contribution in [3.8, 4) is 11.8 Å². The van der Waals surface area contributed by atoms with Crippen molar-refractivity contribution in [1.82, 2.24) is 15.0 Å². The van der Waals surface area contributed by atoms with E-state index in [1.807, 2.05) is 43.3 Å². The molecule has 4 nitrogen and oxygen atoms in total. The van der Waals surface area contributed by atoms with Gasteiger partial charge in [0, 0.05) is 0 Å². The van der Waals surface area contributed by atoms with E-state index in [0.29, 0.717) is 5.56 Å². The lowest BCUT2D eigenvalue weighted by Gasteiger charge is -2.02. The van der Waals surface area contributed by atoms with E-state index < -0.39 is 0 Å². The Balaban J connectivity index is 2.29. The first-order valence-corrected chi connectivity index (χ1v) is 5.62. The van der Waals surface area contributed by atoms with Gasteiger partial charge < -0.3 is 0 Å². The van der Waals surface area contributed by atoms with Crippen LogP contribution >= 0.6 is 0 Å². The van der Waals surface area contributed by atoms with Crippen LogP contribution in [0.3, 0.4) is 0 Å². The number of nitrogens with zero attached hydrogens (tertiary/aromatic N) is 4. The lowest BCUT2D eigenvalue weighted by Crippen LogP contribution is -1.95. The zero-order valence-corrected chi connectivity index (χ0v) is 9.83. The highest BCUT2D eigenvalue weighted by molar-refractivity contribution is 5.81. The standard InChI is InChI=1S/C14H10N4/c1-10-11(9-15)7-8-13-14(10)16-17-18(13)12-5-3-2-4-6-12/h2-8H,1H3. The van der Waals surface area contributed by atoms with Gasteiger partial charge >= 0.3 is 0 Å². The van der Waals surface area contributed by atoms with Crippen molar-refractivity contribution in [2.45, 2.75) is 6.92 Å². The van der Waals surface area contributed by atoms with Crippen molar-refractivity contribution in [1.29, 1.82) is 5.26 Å². The average Bonchev–Trinajstić information content (AvgIpc) is 2.85. The molecular formula is C14H10N4. The predicted octanol–water partition coefficient (Wildman–Crippen LogP) is 2.60. The Morgan fingerprint density at radius 3 is 2.61 bits per heavy atom. The largest absolute Gasteiger partial charge is 0.213 e. The van der Waals surface area contributed by atoms with Gasteiger partial charge in [-0.05, 0) is 36.8 Å². The molecule has 0 fully saturated rings. The molecule has 18 heavy (non-hydrogen) atoms. The van der Waals surface area contributed by atoms with E-state index in [9.17, 15) is 0 Å². The SMILES string of the molecule is Cc1c(C#N)ccc2c1nnn2-c1ccccc1. The molecule has 0 aliphatic rings. The van der Waals surface area contributed by atoms with Gasteiger partial charge in [-0.25, -0.2) is 4.68 Å². The molecule has 2 aromatic carbocycles. The summed E-state index contributed by atoms with van der Waals surface area (Å²) in [4.78, 5) is 0. The molecule has 0 bridgehead atoms. The fourth-order valence-electron chi connectivity index (χ4n) is 2.00. The number of para-hydroxylation sites is 1. The molecule has 0 saturated heterocycles. The maximum atomic E-state index is 9.00. The molecule has 0 atom stereocenters. The van der Waals surface area contributed by atoms with Crippen LogP contribution in [-0.4, -0.2) is 15.0 Å². The molecular weight excluding hydrogens is 224 g/mol. The zero-order chi connectivity index (χ0) is 12.5. The van der Waals surface area contributed by atoms with Crippen molar-refractivity contribution >= 4 is 11.0 Å². The Morgan fingerprint density at radius 1 is 1.11 bits per heavy atom. The quantitative estimate of drug-likeness (QED) is 0.650. The number of hydrogen-bond donors (Lipinski definition) is 0. The summed E-state index contributed by atoms with van der Waals surface area (Å²) >= 11 is 0. The van der Waals surface area contributed by atoms with Gasteiger partial charge in [0.25, 0.3) is 0 Å². The first-order chi connectivity index (χ1) is 8.81. The summed E-state index contributed by atoms with van der Waals surface area (Å²) in [5.74, 6) is 0. The third kappa shape index (κ3) is 1.45. The minimum atomic E-state index is 0.641. The van der Waals surface area contributed by atoms with Crippen LogP contribution in [0.1, 0.15) is 11.1 Å². The third-order valence-electron chi connectivity index (χ3n) is 2.99. The Kier molecular flexibility index (Phi) is 2.31. The summed E-state index contributed by atoms with van der Waals surface area (Å²) in [5, 5.41) is 17.3. The zero-order valence-electron chi connectivity index (χ0n) is 9.83. The van der Waals surface area contributed by atoms with Crippen LogP contribution in [-0.2, 0) is 0 Å². The van der Waals surface area contributed by atoms with E-state index in [1.165, 1.54) is 0 Å². The molecule has 0 N–H and O–H groups in total. The third-order valence-corrected chi connectivity index (χ3v) is 2.99. The molecule has 4 heteroatoms. The topological polar surface area (TPSA) is 54.5 Å². The van der Waals surface area contributed by atoms with E-state index in [-0.39, 0.29) is 0 Å². The Hall–Kier alpha value is -2.67. The van der Waals surface area contributed by atoms with Gasteiger partial charge in [0.05, 0.1) is 22.8 Å². The molecule has 0 aliphatic heterocycles. The van der Waals surface area contributed by atoms with E-state index in [2.05, 4.69) is 16.4 Å². The van der Waals surface area contributed by atoms with Crippen LogP contribution in [0, 0.1) is 18.3 Å². The highest BCUT2D eigenvalue weighted by Gasteiger charge is 2.10. The molecule has 0 unspecified atom stereocenters. The van der Waals surface area contributed by atoms with Gasteiger partial charge in [-0.1, -0.05) is 23.4 Å². The molecule has 0 amide bonds. The van der Waals surface area contributed by atoms with Gasteiger partial charge in [-0.15, -0.1) is 5.10 Å². The van der Waals surface area contributed by atoms with Gasteiger partial charge in [0.15, 0.2) is 0 Å². The number of rotatable bonds is 1. The summed E-state index contributed by atoms with van der Waals surface area (Å²) in [6, 6.07) is 15.7. The monoisotopic (exact) mass is 234 g/mol.